The van der Waals surface area contributed by atoms with Crippen molar-refractivity contribution < 1.29 is 22.7 Å². The van der Waals surface area contributed by atoms with Gasteiger partial charge in [-0.3, -0.25) is 13.9 Å². The topological polar surface area (TPSA) is 96.0 Å². The molecule has 10 heteroatoms. The Morgan fingerprint density at radius 3 is 2.21 bits per heavy atom. The minimum atomic E-state index is -3.80. The Hall–Kier alpha value is -2.78. The fourth-order valence-electron chi connectivity index (χ4n) is 3.29. The Morgan fingerprint density at radius 1 is 1.06 bits per heavy atom. The largest absolute Gasteiger partial charge is 0.494 e. The first kappa shape index (κ1) is 27.5. The molecular weight excluding hydrogens is 478 g/mol. The van der Waals surface area contributed by atoms with E-state index in [1.165, 1.54) is 4.90 Å². The van der Waals surface area contributed by atoms with E-state index >= 15 is 0 Å². The van der Waals surface area contributed by atoms with E-state index < -0.39 is 28.5 Å². The highest BCUT2D eigenvalue weighted by molar-refractivity contribution is 7.92. The van der Waals surface area contributed by atoms with Crippen LogP contribution in [-0.2, 0) is 26.2 Å². The van der Waals surface area contributed by atoms with Crippen LogP contribution in [0.3, 0.4) is 0 Å². The fraction of sp³-hybridized carbons (Fsp3) is 0.417. The number of hydrogen-bond donors (Lipinski definition) is 1. The number of rotatable bonds is 11. The summed E-state index contributed by atoms with van der Waals surface area (Å²) in [6, 6.07) is 12.5. The zero-order valence-corrected chi connectivity index (χ0v) is 21.7. The van der Waals surface area contributed by atoms with Crippen LogP contribution in [0, 0.1) is 0 Å². The van der Waals surface area contributed by atoms with Gasteiger partial charge in [-0.1, -0.05) is 29.8 Å². The normalized spacial score (nSPS) is 12.2. The van der Waals surface area contributed by atoms with Crippen molar-refractivity contribution in [2.24, 2.45) is 0 Å². The van der Waals surface area contributed by atoms with E-state index in [4.69, 9.17) is 16.3 Å². The standard InChI is InChI=1S/C24H32ClN3O5S/c1-6-33-21-13-11-20(12-14-21)28(34(5,31)32)16-23(29)27(18(4)24(30)26-17(2)3)15-19-9-7-8-10-22(19)25/h7-14,17-18H,6,15-16H2,1-5H3,(H,26,30)/t18-/m1/s1. The van der Waals surface area contributed by atoms with Crippen molar-refractivity contribution >= 4 is 39.1 Å². The van der Waals surface area contributed by atoms with E-state index in [-0.39, 0.29) is 18.5 Å². The average Bonchev–Trinajstić information content (AvgIpc) is 2.76. The maximum atomic E-state index is 13.5. The van der Waals surface area contributed by atoms with E-state index in [0.717, 1.165) is 10.6 Å². The van der Waals surface area contributed by atoms with E-state index in [1.807, 2.05) is 20.8 Å². The molecule has 0 saturated heterocycles. The molecule has 0 bridgehead atoms. The minimum absolute atomic E-state index is 0.0477. The Labute approximate surface area is 206 Å². The molecule has 2 aromatic carbocycles. The van der Waals surface area contributed by atoms with Crippen molar-refractivity contribution in [3.05, 3.63) is 59.1 Å². The van der Waals surface area contributed by atoms with Crippen molar-refractivity contribution in [1.29, 1.82) is 0 Å². The Balaban J connectivity index is 2.38. The Bertz CT molecular complexity index is 1090. The van der Waals surface area contributed by atoms with Gasteiger partial charge in [0.2, 0.25) is 21.8 Å². The predicted molar refractivity (Wildman–Crippen MR) is 135 cm³/mol. The Morgan fingerprint density at radius 2 is 1.68 bits per heavy atom. The van der Waals surface area contributed by atoms with Gasteiger partial charge in [0.1, 0.15) is 18.3 Å². The van der Waals surface area contributed by atoms with Crippen LogP contribution in [0.1, 0.15) is 33.3 Å². The number of sulfonamides is 1. The lowest BCUT2D eigenvalue weighted by atomic mass is 10.1. The molecule has 0 spiro atoms. The highest BCUT2D eigenvalue weighted by Gasteiger charge is 2.30. The lowest BCUT2D eigenvalue weighted by Crippen LogP contribution is -2.52. The molecule has 0 aliphatic rings. The summed E-state index contributed by atoms with van der Waals surface area (Å²) in [6.45, 7) is 7.14. The van der Waals surface area contributed by atoms with Crippen LogP contribution >= 0.6 is 11.6 Å². The van der Waals surface area contributed by atoms with Crippen molar-refractivity contribution in [3.63, 3.8) is 0 Å². The van der Waals surface area contributed by atoms with Gasteiger partial charge in [-0.2, -0.15) is 0 Å². The third-order valence-electron chi connectivity index (χ3n) is 5.01. The zero-order chi connectivity index (χ0) is 25.5. The summed E-state index contributed by atoms with van der Waals surface area (Å²) in [6.07, 6.45) is 1.03. The molecule has 0 heterocycles. The average molecular weight is 510 g/mol. The lowest BCUT2D eigenvalue weighted by molar-refractivity contribution is -0.139. The highest BCUT2D eigenvalue weighted by atomic mass is 35.5. The van der Waals surface area contributed by atoms with E-state index in [1.54, 1.807) is 55.5 Å². The zero-order valence-electron chi connectivity index (χ0n) is 20.1. The molecule has 186 valence electrons. The van der Waals surface area contributed by atoms with Gasteiger partial charge in [0.25, 0.3) is 0 Å². The number of amides is 2. The number of anilines is 1. The van der Waals surface area contributed by atoms with Crippen molar-refractivity contribution in [2.75, 3.05) is 23.7 Å². The molecule has 1 atom stereocenters. The maximum Gasteiger partial charge on any atom is 0.244 e. The summed E-state index contributed by atoms with van der Waals surface area (Å²) in [7, 11) is -3.80. The van der Waals surface area contributed by atoms with Crippen molar-refractivity contribution in [1.82, 2.24) is 10.2 Å². The first-order chi connectivity index (χ1) is 15.9. The van der Waals surface area contributed by atoms with Gasteiger partial charge in [-0.25, -0.2) is 8.42 Å². The maximum absolute atomic E-state index is 13.5. The number of carbonyl (C=O) groups excluding carboxylic acids is 2. The van der Waals surface area contributed by atoms with Gasteiger partial charge in [0.05, 0.1) is 18.6 Å². The first-order valence-electron chi connectivity index (χ1n) is 11.0. The monoisotopic (exact) mass is 509 g/mol. The molecule has 0 aliphatic heterocycles. The van der Waals surface area contributed by atoms with Gasteiger partial charge >= 0.3 is 0 Å². The molecule has 2 rings (SSSR count). The molecule has 2 aromatic rings. The molecule has 0 unspecified atom stereocenters. The fourth-order valence-corrected chi connectivity index (χ4v) is 4.33. The highest BCUT2D eigenvalue weighted by Crippen LogP contribution is 2.23. The number of benzene rings is 2. The summed E-state index contributed by atoms with van der Waals surface area (Å²) in [5.41, 5.74) is 0.963. The van der Waals surface area contributed by atoms with E-state index in [0.29, 0.717) is 28.6 Å². The summed E-state index contributed by atoms with van der Waals surface area (Å²) in [5, 5.41) is 3.25. The number of carbonyl (C=O) groups is 2. The van der Waals surface area contributed by atoms with Gasteiger partial charge in [-0.05, 0) is 63.6 Å². The summed E-state index contributed by atoms with van der Waals surface area (Å²) < 4.78 is 31.6. The summed E-state index contributed by atoms with van der Waals surface area (Å²) >= 11 is 6.30. The molecule has 2 amide bonds. The van der Waals surface area contributed by atoms with Crippen molar-refractivity contribution in [2.45, 2.75) is 46.3 Å². The van der Waals surface area contributed by atoms with Crippen LogP contribution in [0.2, 0.25) is 5.02 Å². The number of ether oxygens (including phenoxy) is 1. The molecule has 0 aromatic heterocycles. The van der Waals surface area contributed by atoms with Crippen LogP contribution < -0.4 is 14.4 Å². The molecule has 8 nitrogen and oxygen atoms in total. The molecule has 0 radical (unpaired) electrons. The lowest BCUT2D eigenvalue weighted by Gasteiger charge is -2.32. The Kier molecular flexibility index (Phi) is 9.76. The number of hydrogen-bond acceptors (Lipinski definition) is 5. The van der Waals surface area contributed by atoms with E-state index in [2.05, 4.69) is 5.32 Å². The molecule has 0 aliphatic carbocycles. The number of nitrogens with one attached hydrogen (secondary N) is 1. The van der Waals surface area contributed by atoms with E-state index in [9.17, 15) is 18.0 Å². The summed E-state index contributed by atoms with van der Waals surface area (Å²) in [4.78, 5) is 27.5. The van der Waals surface area contributed by atoms with Gasteiger partial charge in [-0.15, -0.1) is 0 Å². The quantitative estimate of drug-likeness (QED) is 0.500. The molecule has 1 N–H and O–H groups in total. The summed E-state index contributed by atoms with van der Waals surface area (Å²) in [5.74, 6) is -0.293. The van der Waals surface area contributed by atoms with Gasteiger partial charge in [0.15, 0.2) is 0 Å². The van der Waals surface area contributed by atoms with Crippen LogP contribution in [0.15, 0.2) is 48.5 Å². The van der Waals surface area contributed by atoms with Crippen LogP contribution in [0.4, 0.5) is 5.69 Å². The molecule has 34 heavy (non-hydrogen) atoms. The predicted octanol–water partition coefficient (Wildman–Crippen LogP) is 3.45. The smallest absolute Gasteiger partial charge is 0.244 e. The third kappa shape index (κ3) is 7.63. The molecular formula is C24H32ClN3O5S. The number of halogens is 1. The van der Waals surface area contributed by atoms with Crippen LogP contribution in [0.25, 0.3) is 0 Å². The van der Waals surface area contributed by atoms with Crippen LogP contribution in [0.5, 0.6) is 5.75 Å². The first-order valence-corrected chi connectivity index (χ1v) is 13.2. The third-order valence-corrected chi connectivity index (χ3v) is 6.52. The number of nitrogens with zero attached hydrogens (tertiary/aromatic N) is 2. The van der Waals surface area contributed by atoms with Gasteiger partial charge in [0, 0.05) is 17.6 Å². The second kappa shape index (κ2) is 12.1. The minimum Gasteiger partial charge on any atom is -0.494 e. The molecule has 0 saturated carbocycles. The van der Waals surface area contributed by atoms with Gasteiger partial charge < -0.3 is 15.0 Å². The SMILES string of the molecule is CCOc1ccc(N(CC(=O)N(Cc2ccccc2Cl)[C@H](C)C(=O)NC(C)C)S(C)(=O)=O)cc1. The second-order valence-electron chi connectivity index (χ2n) is 8.15. The molecule has 0 fully saturated rings. The second-order valence-corrected chi connectivity index (χ2v) is 10.5. The van der Waals surface area contributed by atoms with Crippen LogP contribution in [-0.4, -0.2) is 56.6 Å². The van der Waals surface area contributed by atoms with Crippen molar-refractivity contribution in [3.8, 4) is 5.75 Å².